The third-order valence-corrected chi connectivity index (χ3v) is 4.15. The fraction of sp³-hybridized carbons (Fsp3) is 0.600. The van der Waals surface area contributed by atoms with Crippen LogP contribution in [0.3, 0.4) is 0 Å². The zero-order chi connectivity index (χ0) is 13.9. The summed E-state index contributed by atoms with van der Waals surface area (Å²) in [5.41, 5.74) is 7.39. The maximum absolute atomic E-state index is 5.93. The molecular formula is C15H23NO3. The van der Waals surface area contributed by atoms with E-state index in [-0.39, 0.29) is 5.41 Å². The first-order valence-corrected chi connectivity index (χ1v) is 6.67. The van der Waals surface area contributed by atoms with E-state index < -0.39 is 0 Å². The Balaban J connectivity index is 2.30. The predicted octanol–water partition coefficient (Wildman–Crippen LogP) is 2.38. The lowest BCUT2D eigenvalue weighted by atomic mass is 9.65. The van der Waals surface area contributed by atoms with E-state index in [1.165, 1.54) is 24.8 Å². The minimum atomic E-state index is 0.268. The lowest BCUT2D eigenvalue weighted by molar-refractivity contribution is 0.144. The number of rotatable bonds is 6. The van der Waals surface area contributed by atoms with E-state index in [2.05, 4.69) is 0 Å². The van der Waals surface area contributed by atoms with Crippen molar-refractivity contribution in [1.29, 1.82) is 0 Å². The van der Waals surface area contributed by atoms with Gasteiger partial charge >= 0.3 is 0 Å². The number of methoxy groups -OCH3 is 3. The highest BCUT2D eigenvalue weighted by atomic mass is 16.5. The fourth-order valence-electron chi connectivity index (χ4n) is 2.80. The molecule has 4 nitrogen and oxygen atoms in total. The van der Waals surface area contributed by atoms with Gasteiger partial charge in [-0.3, -0.25) is 0 Å². The Kier molecular flexibility index (Phi) is 4.20. The molecule has 4 heteroatoms. The van der Waals surface area contributed by atoms with Crippen LogP contribution in [0.1, 0.15) is 24.8 Å². The summed E-state index contributed by atoms with van der Waals surface area (Å²) in [4.78, 5) is 0. The standard InChI is InChI=1S/C15H23NO3/c1-17-12-7-11(8-13(18-2)14(12)19-3)9-15(10-16)5-4-6-15/h7-8H,4-6,9-10,16H2,1-3H3. The van der Waals surface area contributed by atoms with E-state index in [1.54, 1.807) is 21.3 Å². The van der Waals surface area contributed by atoms with E-state index in [4.69, 9.17) is 19.9 Å². The first-order chi connectivity index (χ1) is 9.18. The van der Waals surface area contributed by atoms with Crippen LogP contribution in [0.15, 0.2) is 12.1 Å². The van der Waals surface area contributed by atoms with Crippen molar-refractivity contribution in [1.82, 2.24) is 0 Å². The van der Waals surface area contributed by atoms with Gasteiger partial charge in [-0.1, -0.05) is 6.42 Å². The minimum absolute atomic E-state index is 0.268. The summed E-state index contributed by atoms with van der Waals surface area (Å²) in [5.74, 6) is 2.07. The lowest BCUT2D eigenvalue weighted by Gasteiger charge is -2.41. The Morgan fingerprint density at radius 2 is 1.63 bits per heavy atom. The van der Waals surface area contributed by atoms with Crippen molar-refractivity contribution < 1.29 is 14.2 Å². The highest BCUT2D eigenvalue weighted by Gasteiger charge is 2.35. The summed E-state index contributed by atoms with van der Waals surface area (Å²) in [6.45, 7) is 0.740. The van der Waals surface area contributed by atoms with Crippen molar-refractivity contribution in [3.8, 4) is 17.2 Å². The smallest absolute Gasteiger partial charge is 0.203 e. The van der Waals surface area contributed by atoms with Crippen LogP contribution in [-0.2, 0) is 6.42 Å². The Morgan fingerprint density at radius 3 is 1.95 bits per heavy atom. The van der Waals surface area contributed by atoms with Crippen molar-refractivity contribution in [2.75, 3.05) is 27.9 Å². The number of hydrogen-bond acceptors (Lipinski definition) is 4. The maximum atomic E-state index is 5.93. The van der Waals surface area contributed by atoms with Crippen LogP contribution in [0.4, 0.5) is 0 Å². The number of hydrogen-bond donors (Lipinski definition) is 1. The second-order valence-electron chi connectivity index (χ2n) is 5.27. The largest absolute Gasteiger partial charge is 0.493 e. The molecular weight excluding hydrogens is 242 g/mol. The van der Waals surface area contributed by atoms with Crippen LogP contribution in [-0.4, -0.2) is 27.9 Å². The molecule has 0 saturated heterocycles. The Hall–Kier alpha value is -1.42. The average molecular weight is 265 g/mol. The molecule has 0 bridgehead atoms. The van der Waals surface area contributed by atoms with Crippen molar-refractivity contribution in [3.63, 3.8) is 0 Å². The zero-order valence-corrected chi connectivity index (χ0v) is 12.0. The SMILES string of the molecule is COc1cc(CC2(CN)CCC2)cc(OC)c1OC. The summed E-state index contributed by atoms with van der Waals surface area (Å²) >= 11 is 0. The molecule has 1 saturated carbocycles. The van der Waals surface area contributed by atoms with Crippen molar-refractivity contribution in [3.05, 3.63) is 17.7 Å². The van der Waals surface area contributed by atoms with Gasteiger partial charge in [0.1, 0.15) is 0 Å². The number of nitrogens with two attached hydrogens (primary N) is 1. The molecule has 0 atom stereocenters. The Labute approximate surface area is 114 Å². The van der Waals surface area contributed by atoms with Crippen LogP contribution in [0, 0.1) is 5.41 Å². The summed E-state index contributed by atoms with van der Waals surface area (Å²) < 4.78 is 16.1. The molecule has 2 N–H and O–H groups in total. The van der Waals surface area contributed by atoms with E-state index in [1.807, 2.05) is 12.1 Å². The topological polar surface area (TPSA) is 53.7 Å². The van der Waals surface area contributed by atoms with Gasteiger partial charge < -0.3 is 19.9 Å². The molecule has 1 aliphatic rings. The van der Waals surface area contributed by atoms with Crippen molar-refractivity contribution in [2.45, 2.75) is 25.7 Å². The van der Waals surface area contributed by atoms with E-state index in [9.17, 15) is 0 Å². The van der Waals surface area contributed by atoms with E-state index >= 15 is 0 Å². The summed E-state index contributed by atoms with van der Waals surface area (Å²) in [6.07, 6.45) is 4.67. The van der Waals surface area contributed by atoms with Crippen LogP contribution in [0.25, 0.3) is 0 Å². The normalized spacial score (nSPS) is 16.6. The van der Waals surface area contributed by atoms with Gasteiger partial charge in [0.15, 0.2) is 11.5 Å². The number of benzene rings is 1. The van der Waals surface area contributed by atoms with E-state index in [0.29, 0.717) is 17.2 Å². The molecule has 106 valence electrons. The van der Waals surface area contributed by atoms with Crippen LogP contribution in [0.5, 0.6) is 17.2 Å². The molecule has 1 aromatic rings. The summed E-state index contributed by atoms with van der Waals surface area (Å²) in [5, 5.41) is 0. The Morgan fingerprint density at radius 1 is 1.05 bits per heavy atom. The van der Waals surface area contributed by atoms with Gasteiger partial charge in [0, 0.05) is 0 Å². The second-order valence-corrected chi connectivity index (χ2v) is 5.27. The molecule has 19 heavy (non-hydrogen) atoms. The van der Waals surface area contributed by atoms with Gasteiger partial charge in [0.2, 0.25) is 5.75 Å². The minimum Gasteiger partial charge on any atom is -0.493 e. The van der Waals surface area contributed by atoms with Crippen LogP contribution >= 0.6 is 0 Å². The monoisotopic (exact) mass is 265 g/mol. The quantitative estimate of drug-likeness (QED) is 0.858. The molecule has 1 fully saturated rings. The van der Waals surface area contributed by atoms with Crippen molar-refractivity contribution in [2.24, 2.45) is 11.1 Å². The van der Waals surface area contributed by atoms with Gasteiger partial charge in [0.05, 0.1) is 21.3 Å². The maximum Gasteiger partial charge on any atom is 0.203 e. The average Bonchev–Trinajstić information content (AvgIpc) is 2.41. The molecule has 2 rings (SSSR count). The molecule has 0 aliphatic heterocycles. The highest BCUT2D eigenvalue weighted by Crippen LogP contribution is 2.45. The summed E-state index contributed by atoms with van der Waals surface area (Å²) in [6, 6.07) is 4.05. The molecule has 1 aliphatic carbocycles. The molecule has 0 amide bonds. The predicted molar refractivity (Wildman–Crippen MR) is 75.1 cm³/mol. The van der Waals surface area contributed by atoms with Crippen LogP contribution < -0.4 is 19.9 Å². The van der Waals surface area contributed by atoms with Gasteiger partial charge in [-0.25, -0.2) is 0 Å². The molecule has 0 radical (unpaired) electrons. The van der Waals surface area contributed by atoms with Gasteiger partial charge in [-0.05, 0) is 48.9 Å². The zero-order valence-electron chi connectivity index (χ0n) is 12.0. The number of ether oxygens (including phenoxy) is 3. The third kappa shape index (κ3) is 2.63. The van der Waals surface area contributed by atoms with Crippen molar-refractivity contribution >= 4 is 0 Å². The van der Waals surface area contributed by atoms with Gasteiger partial charge in [-0.2, -0.15) is 0 Å². The van der Waals surface area contributed by atoms with Gasteiger partial charge in [-0.15, -0.1) is 0 Å². The fourth-order valence-corrected chi connectivity index (χ4v) is 2.80. The van der Waals surface area contributed by atoms with Gasteiger partial charge in [0.25, 0.3) is 0 Å². The third-order valence-electron chi connectivity index (χ3n) is 4.15. The summed E-state index contributed by atoms with van der Waals surface area (Å²) in [7, 11) is 4.90. The highest BCUT2D eigenvalue weighted by molar-refractivity contribution is 5.54. The van der Waals surface area contributed by atoms with Crippen LogP contribution in [0.2, 0.25) is 0 Å². The first-order valence-electron chi connectivity index (χ1n) is 6.67. The lowest BCUT2D eigenvalue weighted by Crippen LogP contribution is -2.39. The molecule has 1 aromatic carbocycles. The van der Waals surface area contributed by atoms with E-state index in [0.717, 1.165) is 13.0 Å². The molecule has 0 spiro atoms. The Bertz CT molecular complexity index is 411. The molecule has 0 unspecified atom stereocenters. The molecule has 0 heterocycles. The molecule has 0 aromatic heterocycles. The first kappa shape index (κ1) is 14.0. The second kappa shape index (κ2) is 5.70.